The summed E-state index contributed by atoms with van der Waals surface area (Å²) >= 11 is 0. The van der Waals surface area contributed by atoms with Gasteiger partial charge in [0.1, 0.15) is 17.3 Å². The Hall–Kier alpha value is -3.92. The predicted octanol–water partition coefficient (Wildman–Crippen LogP) is 3.77. The van der Waals surface area contributed by atoms with Crippen molar-refractivity contribution in [2.45, 2.75) is 18.0 Å². The first-order valence-corrected chi connectivity index (χ1v) is 12.2. The van der Waals surface area contributed by atoms with Crippen molar-refractivity contribution in [3.63, 3.8) is 0 Å². The number of sulfone groups is 1. The van der Waals surface area contributed by atoms with E-state index in [2.05, 4.69) is 10.1 Å². The quantitative estimate of drug-likeness (QED) is 0.444. The van der Waals surface area contributed by atoms with E-state index < -0.39 is 27.4 Å². The minimum atomic E-state index is -3.58. The van der Waals surface area contributed by atoms with E-state index in [9.17, 15) is 22.0 Å². The zero-order valence-electron chi connectivity index (χ0n) is 17.9. The van der Waals surface area contributed by atoms with Gasteiger partial charge < -0.3 is 4.90 Å². The molecule has 10 heteroatoms. The SMILES string of the molecule is CS(=O)(=O)c1ccc(-c2cncc(F)c2)c(C(=O)N2Cc3cn(-c4ccccc4F)nc3C2)c1. The van der Waals surface area contributed by atoms with Crippen LogP contribution in [0.3, 0.4) is 0 Å². The average Bonchev–Trinajstić information content (AvgIpc) is 3.37. The summed E-state index contributed by atoms with van der Waals surface area (Å²) in [5.74, 6) is -1.42. The number of rotatable bonds is 4. The number of pyridine rings is 1. The molecule has 0 unspecified atom stereocenters. The van der Waals surface area contributed by atoms with Crippen molar-refractivity contribution >= 4 is 15.7 Å². The monoisotopic (exact) mass is 480 g/mol. The highest BCUT2D eigenvalue weighted by Crippen LogP contribution is 2.31. The number of para-hydroxylation sites is 1. The molecule has 0 fully saturated rings. The highest BCUT2D eigenvalue weighted by molar-refractivity contribution is 7.90. The van der Waals surface area contributed by atoms with E-state index in [-0.39, 0.29) is 23.5 Å². The summed E-state index contributed by atoms with van der Waals surface area (Å²) in [5.41, 5.74) is 2.50. The number of carbonyl (C=O) groups is 1. The van der Waals surface area contributed by atoms with Crippen LogP contribution in [0.5, 0.6) is 0 Å². The fourth-order valence-corrected chi connectivity index (χ4v) is 4.62. The van der Waals surface area contributed by atoms with Crippen molar-refractivity contribution in [2.75, 3.05) is 6.26 Å². The largest absolute Gasteiger partial charge is 0.328 e. The smallest absolute Gasteiger partial charge is 0.255 e. The van der Waals surface area contributed by atoms with Crippen LogP contribution in [0.25, 0.3) is 16.8 Å². The van der Waals surface area contributed by atoms with E-state index in [1.54, 1.807) is 24.4 Å². The minimum absolute atomic E-state index is 0.0226. The molecule has 0 saturated carbocycles. The molecule has 0 N–H and O–H groups in total. The van der Waals surface area contributed by atoms with E-state index in [1.165, 1.54) is 46.1 Å². The second-order valence-electron chi connectivity index (χ2n) is 8.03. The third-order valence-electron chi connectivity index (χ3n) is 5.63. The number of aromatic nitrogens is 3. The Morgan fingerprint density at radius 1 is 1.03 bits per heavy atom. The van der Waals surface area contributed by atoms with Gasteiger partial charge in [-0.1, -0.05) is 18.2 Å². The lowest BCUT2D eigenvalue weighted by molar-refractivity contribution is 0.0749. The molecule has 2 aromatic heterocycles. The molecule has 0 atom stereocenters. The molecule has 34 heavy (non-hydrogen) atoms. The number of hydrogen-bond acceptors (Lipinski definition) is 5. The van der Waals surface area contributed by atoms with Crippen molar-refractivity contribution in [3.05, 3.63) is 95.6 Å². The van der Waals surface area contributed by atoms with Gasteiger partial charge in [-0.25, -0.2) is 21.9 Å². The highest BCUT2D eigenvalue weighted by Gasteiger charge is 2.30. The van der Waals surface area contributed by atoms with Gasteiger partial charge in [-0.15, -0.1) is 0 Å². The van der Waals surface area contributed by atoms with E-state index in [1.807, 2.05) is 0 Å². The van der Waals surface area contributed by atoms with E-state index in [0.717, 1.165) is 18.0 Å². The van der Waals surface area contributed by atoms with E-state index in [4.69, 9.17) is 0 Å². The van der Waals surface area contributed by atoms with E-state index >= 15 is 0 Å². The lowest BCUT2D eigenvalue weighted by Gasteiger charge is -2.19. The molecule has 3 heterocycles. The Morgan fingerprint density at radius 3 is 2.53 bits per heavy atom. The molecule has 0 spiro atoms. The third kappa shape index (κ3) is 3.96. The molecule has 2 aromatic carbocycles. The van der Waals surface area contributed by atoms with Gasteiger partial charge in [-0.2, -0.15) is 5.10 Å². The number of fused-ring (bicyclic) bond motifs is 1. The zero-order valence-corrected chi connectivity index (χ0v) is 18.8. The maximum absolute atomic E-state index is 14.1. The molecule has 1 aliphatic heterocycles. The van der Waals surface area contributed by atoms with Crippen molar-refractivity contribution in [2.24, 2.45) is 0 Å². The second-order valence-corrected chi connectivity index (χ2v) is 10.0. The van der Waals surface area contributed by atoms with Gasteiger partial charge in [-0.3, -0.25) is 9.78 Å². The molecule has 172 valence electrons. The molecule has 7 nitrogen and oxygen atoms in total. The summed E-state index contributed by atoms with van der Waals surface area (Å²) in [6.07, 6.45) is 5.18. The molecule has 0 bridgehead atoms. The highest BCUT2D eigenvalue weighted by atomic mass is 32.2. The van der Waals surface area contributed by atoms with Crippen LogP contribution in [0.15, 0.2) is 72.0 Å². The van der Waals surface area contributed by atoms with Crippen LogP contribution in [0.4, 0.5) is 8.78 Å². The molecular weight excluding hydrogens is 462 g/mol. The normalized spacial score (nSPS) is 13.2. The maximum Gasteiger partial charge on any atom is 0.255 e. The van der Waals surface area contributed by atoms with Crippen molar-refractivity contribution in [1.82, 2.24) is 19.7 Å². The van der Waals surface area contributed by atoms with Gasteiger partial charge in [0.05, 0.1) is 23.3 Å². The van der Waals surface area contributed by atoms with Crippen molar-refractivity contribution < 1.29 is 22.0 Å². The van der Waals surface area contributed by atoms with Gasteiger partial charge in [0.15, 0.2) is 9.84 Å². The number of amides is 1. The number of carbonyl (C=O) groups excluding carboxylic acids is 1. The Balaban J connectivity index is 1.50. The fourth-order valence-electron chi connectivity index (χ4n) is 3.97. The standard InChI is InChI=1S/C24H18F2N4O3S/c1-34(32,33)18-6-7-19(15-8-17(25)11-27-10-15)20(9-18)24(31)29-12-16-13-30(28-22(16)14-29)23-5-3-2-4-21(23)26/h2-11,13H,12,14H2,1H3. The molecular formula is C24H18F2N4O3S. The molecule has 1 aliphatic rings. The summed E-state index contributed by atoms with van der Waals surface area (Å²) in [7, 11) is -3.58. The Labute approximate surface area is 194 Å². The summed E-state index contributed by atoms with van der Waals surface area (Å²) in [5, 5.41) is 4.42. The molecule has 1 amide bonds. The van der Waals surface area contributed by atoms with Crippen molar-refractivity contribution in [1.29, 1.82) is 0 Å². The molecule has 4 aromatic rings. The van der Waals surface area contributed by atoms with Crippen LogP contribution in [-0.4, -0.2) is 40.2 Å². The molecule has 0 saturated heterocycles. The van der Waals surface area contributed by atoms with Gasteiger partial charge in [-0.05, 0) is 35.9 Å². The first-order valence-electron chi connectivity index (χ1n) is 10.3. The molecule has 0 aliphatic carbocycles. The number of benzene rings is 2. The van der Waals surface area contributed by atoms with Crippen molar-refractivity contribution in [3.8, 4) is 16.8 Å². The van der Waals surface area contributed by atoms with E-state index in [0.29, 0.717) is 22.5 Å². The number of halogens is 2. The topological polar surface area (TPSA) is 85.2 Å². The lowest BCUT2D eigenvalue weighted by Crippen LogP contribution is -2.26. The first kappa shape index (κ1) is 21.9. The van der Waals surface area contributed by atoms with Crippen LogP contribution >= 0.6 is 0 Å². The summed E-state index contributed by atoms with van der Waals surface area (Å²) in [4.78, 5) is 18.8. The first-order chi connectivity index (χ1) is 16.2. The third-order valence-corrected chi connectivity index (χ3v) is 6.74. The minimum Gasteiger partial charge on any atom is -0.328 e. The maximum atomic E-state index is 14.1. The molecule has 5 rings (SSSR count). The lowest BCUT2D eigenvalue weighted by atomic mass is 10.00. The summed E-state index contributed by atoms with van der Waals surface area (Å²) in [6.45, 7) is 0.381. The Kier molecular flexibility index (Phi) is 5.24. The van der Waals surface area contributed by atoms with Gasteiger partial charge >= 0.3 is 0 Å². The summed E-state index contributed by atoms with van der Waals surface area (Å²) in [6, 6.07) is 11.6. The van der Waals surface area contributed by atoms with Crippen LogP contribution in [0.1, 0.15) is 21.6 Å². The fraction of sp³-hybridized carbons (Fsp3) is 0.125. The average molecular weight is 480 g/mol. The Bertz CT molecular complexity index is 1530. The van der Waals surface area contributed by atoms with Crippen LogP contribution in [0, 0.1) is 11.6 Å². The second kappa shape index (κ2) is 8.14. The summed E-state index contributed by atoms with van der Waals surface area (Å²) < 4.78 is 53.6. The van der Waals surface area contributed by atoms with Crippen LogP contribution < -0.4 is 0 Å². The van der Waals surface area contributed by atoms with Crippen LogP contribution in [0.2, 0.25) is 0 Å². The number of hydrogen-bond donors (Lipinski definition) is 0. The van der Waals surface area contributed by atoms with Crippen LogP contribution in [-0.2, 0) is 22.9 Å². The Morgan fingerprint density at radius 2 is 1.82 bits per heavy atom. The predicted molar refractivity (Wildman–Crippen MR) is 120 cm³/mol. The molecule has 0 radical (unpaired) electrons. The van der Waals surface area contributed by atoms with Gasteiger partial charge in [0, 0.05) is 41.9 Å². The number of nitrogens with zero attached hydrogens (tertiary/aromatic N) is 4. The van der Waals surface area contributed by atoms with Gasteiger partial charge in [0.25, 0.3) is 5.91 Å². The zero-order chi connectivity index (χ0) is 24.0. The van der Waals surface area contributed by atoms with Gasteiger partial charge in [0.2, 0.25) is 0 Å².